The van der Waals surface area contributed by atoms with Crippen molar-refractivity contribution in [1.82, 2.24) is 4.90 Å². The van der Waals surface area contributed by atoms with Crippen molar-refractivity contribution in [2.45, 2.75) is 73.3 Å². The third kappa shape index (κ3) is 3.51. The summed E-state index contributed by atoms with van der Waals surface area (Å²) < 4.78 is 0. The summed E-state index contributed by atoms with van der Waals surface area (Å²) in [5.74, 6) is 0.185. The minimum Gasteiger partial charge on any atom is -0.336 e. The van der Waals surface area contributed by atoms with E-state index in [1.165, 1.54) is 0 Å². The van der Waals surface area contributed by atoms with Crippen molar-refractivity contribution in [3.8, 4) is 0 Å². The molecule has 3 nitrogen and oxygen atoms in total. The molecule has 0 aromatic heterocycles. The Labute approximate surface area is 126 Å². The number of hydrogen-bond donors (Lipinski definition) is 0. The van der Waals surface area contributed by atoms with E-state index in [0.29, 0.717) is 0 Å². The highest BCUT2D eigenvalue weighted by Gasteiger charge is 2.54. The van der Waals surface area contributed by atoms with Crippen molar-refractivity contribution >= 4 is 19.8 Å². The molecule has 1 atom stereocenters. The van der Waals surface area contributed by atoms with Gasteiger partial charge in [-0.1, -0.05) is 61.2 Å². The summed E-state index contributed by atoms with van der Waals surface area (Å²) in [5.41, 5.74) is -0.935. The van der Waals surface area contributed by atoms with Gasteiger partial charge in [0.15, 0.2) is 5.78 Å². The molecule has 0 N–H and O–H groups in total. The summed E-state index contributed by atoms with van der Waals surface area (Å²) in [5, 5.41) is -0.699. The van der Waals surface area contributed by atoms with Crippen LogP contribution in [0.3, 0.4) is 0 Å². The molecule has 0 aliphatic rings. The highest BCUT2D eigenvalue weighted by molar-refractivity contribution is 6.82. The van der Waals surface area contributed by atoms with Crippen LogP contribution in [0.15, 0.2) is 0 Å². The first kappa shape index (κ1) is 19.4. The Kier molecular flexibility index (Phi) is 5.11. The monoisotopic (exact) mass is 299 g/mol. The van der Waals surface area contributed by atoms with Gasteiger partial charge in [-0.25, -0.2) is 0 Å². The van der Waals surface area contributed by atoms with Gasteiger partial charge in [-0.2, -0.15) is 0 Å². The largest absolute Gasteiger partial charge is 0.336 e. The van der Waals surface area contributed by atoms with Crippen LogP contribution < -0.4 is 0 Å². The van der Waals surface area contributed by atoms with Crippen molar-refractivity contribution in [3.05, 3.63) is 0 Å². The van der Waals surface area contributed by atoms with Crippen LogP contribution in [-0.2, 0) is 9.59 Å². The first-order valence-corrected chi connectivity index (χ1v) is 10.8. The summed E-state index contributed by atoms with van der Waals surface area (Å²) in [4.78, 5) is 27.4. The van der Waals surface area contributed by atoms with E-state index in [4.69, 9.17) is 0 Å². The van der Waals surface area contributed by atoms with Crippen LogP contribution in [0.4, 0.5) is 0 Å². The number of Topliss-reactive ketones (excluding diaryl/α,β-unsaturated/α-hetero) is 1. The van der Waals surface area contributed by atoms with Crippen molar-refractivity contribution < 1.29 is 9.59 Å². The van der Waals surface area contributed by atoms with Crippen LogP contribution in [-0.4, -0.2) is 36.9 Å². The fourth-order valence-electron chi connectivity index (χ4n) is 2.43. The molecular weight excluding hydrogens is 266 g/mol. The lowest BCUT2D eigenvalue weighted by Crippen LogP contribution is -2.69. The SMILES string of the molecule is CN(C(=O)C(C)(C)C)[C@@](C)(C(=O)C(C)(C)C)[Si](C)(C)C. The molecule has 0 fully saturated rings. The summed E-state index contributed by atoms with van der Waals surface area (Å²) in [6, 6.07) is 0. The van der Waals surface area contributed by atoms with Gasteiger partial charge in [0.2, 0.25) is 5.91 Å². The maximum absolute atomic E-state index is 13.0. The van der Waals surface area contributed by atoms with Gasteiger partial charge in [-0.3, -0.25) is 9.59 Å². The molecule has 0 aromatic rings. The number of hydrogen-bond acceptors (Lipinski definition) is 2. The predicted octanol–water partition coefficient (Wildman–Crippen LogP) is 3.74. The topological polar surface area (TPSA) is 37.4 Å². The molecule has 0 aliphatic heterocycles. The number of likely N-dealkylation sites (N-methyl/N-ethyl adjacent to an activating group) is 1. The summed E-state index contributed by atoms with van der Waals surface area (Å²) in [6.07, 6.45) is 0. The van der Waals surface area contributed by atoms with Crippen molar-refractivity contribution in [1.29, 1.82) is 0 Å². The maximum atomic E-state index is 13.0. The van der Waals surface area contributed by atoms with Crippen LogP contribution in [0.25, 0.3) is 0 Å². The molecule has 118 valence electrons. The van der Waals surface area contributed by atoms with Crippen LogP contribution in [0, 0.1) is 10.8 Å². The van der Waals surface area contributed by atoms with Crippen molar-refractivity contribution in [3.63, 3.8) is 0 Å². The van der Waals surface area contributed by atoms with E-state index >= 15 is 0 Å². The predicted molar refractivity (Wildman–Crippen MR) is 88.4 cm³/mol. The van der Waals surface area contributed by atoms with Gasteiger partial charge in [0.05, 0.1) is 13.2 Å². The molecule has 0 radical (unpaired) electrons. The minimum absolute atomic E-state index is 0.0278. The first-order chi connectivity index (χ1) is 8.47. The van der Waals surface area contributed by atoms with Gasteiger partial charge in [0, 0.05) is 17.9 Å². The number of rotatable bonds is 3. The second kappa shape index (κ2) is 5.28. The Hall–Kier alpha value is -0.643. The zero-order chi connectivity index (χ0) is 16.7. The van der Waals surface area contributed by atoms with Crippen LogP contribution >= 0.6 is 0 Å². The lowest BCUT2D eigenvalue weighted by Gasteiger charge is -2.50. The van der Waals surface area contributed by atoms with E-state index in [0.717, 1.165) is 0 Å². The average Bonchev–Trinajstić information content (AvgIpc) is 2.20. The van der Waals surface area contributed by atoms with E-state index in [-0.39, 0.29) is 11.7 Å². The van der Waals surface area contributed by atoms with E-state index < -0.39 is 24.1 Å². The Morgan fingerprint density at radius 2 is 1.15 bits per heavy atom. The molecule has 0 rings (SSSR count). The molecule has 4 heteroatoms. The molecule has 20 heavy (non-hydrogen) atoms. The molecule has 0 heterocycles. The molecular formula is C16H33NO2Si. The third-order valence-corrected chi connectivity index (χ3v) is 7.68. The van der Waals surface area contributed by atoms with E-state index in [1.807, 2.05) is 48.5 Å². The van der Waals surface area contributed by atoms with Gasteiger partial charge in [0.25, 0.3) is 0 Å². The molecule has 0 unspecified atom stereocenters. The second-order valence-corrected chi connectivity index (χ2v) is 14.5. The van der Waals surface area contributed by atoms with Gasteiger partial charge in [-0.15, -0.1) is 0 Å². The highest BCUT2D eigenvalue weighted by Crippen LogP contribution is 2.36. The standard InChI is InChI=1S/C16H33NO2Si/c1-14(2,3)12(18)16(7,20(9,10)11)17(8)13(19)15(4,5)6/h1-11H3/t16-/m1/s1. The number of nitrogens with zero attached hydrogens (tertiary/aromatic N) is 1. The Bertz CT molecular complexity index is 396. The molecule has 0 aliphatic carbocycles. The van der Waals surface area contributed by atoms with Crippen LogP contribution in [0.5, 0.6) is 0 Å². The Morgan fingerprint density at radius 1 is 0.800 bits per heavy atom. The molecule has 0 saturated heterocycles. The molecule has 1 amide bonds. The van der Waals surface area contributed by atoms with Crippen LogP contribution in [0.1, 0.15) is 48.5 Å². The quantitative estimate of drug-likeness (QED) is 0.744. The lowest BCUT2D eigenvalue weighted by molar-refractivity contribution is -0.148. The Balaban J connectivity index is 5.97. The minimum atomic E-state index is -1.93. The fourth-order valence-corrected chi connectivity index (χ4v) is 4.60. The average molecular weight is 300 g/mol. The zero-order valence-corrected chi connectivity index (χ0v) is 16.3. The zero-order valence-electron chi connectivity index (χ0n) is 15.3. The number of carbonyl (C=O) groups excluding carboxylic acids is 2. The smallest absolute Gasteiger partial charge is 0.228 e. The summed E-state index contributed by atoms with van der Waals surface area (Å²) in [7, 11) is -0.146. The van der Waals surface area contributed by atoms with E-state index in [2.05, 4.69) is 19.6 Å². The molecule has 0 bridgehead atoms. The number of amides is 1. The highest BCUT2D eigenvalue weighted by atomic mass is 28.3. The molecule has 0 aromatic carbocycles. The van der Waals surface area contributed by atoms with Gasteiger partial charge in [0.1, 0.15) is 0 Å². The number of carbonyl (C=O) groups is 2. The van der Waals surface area contributed by atoms with E-state index in [1.54, 1.807) is 11.9 Å². The van der Waals surface area contributed by atoms with Crippen molar-refractivity contribution in [2.24, 2.45) is 10.8 Å². The molecule has 0 spiro atoms. The van der Waals surface area contributed by atoms with Gasteiger partial charge < -0.3 is 4.90 Å². The maximum Gasteiger partial charge on any atom is 0.228 e. The Morgan fingerprint density at radius 3 is 1.35 bits per heavy atom. The normalized spacial score (nSPS) is 16.6. The van der Waals surface area contributed by atoms with Crippen LogP contribution in [0.2, 0.25) is 19.6 Å². The first-order valence-electron chi connectivity index (χ1n) is 7.30. The summed E-state index contributed by atoms with van der Waals surface area (Å²) >= 11 is 0. The third-order valence-electron chi connectivity index (χ3n) is 4.20. The number of ketones is 1. The van der Waals surface area contributed by atoms with Crippen molar-refractivity contribution in [2.75, 3.05) is 7.05 Å². The van der Waals surface area contributed by atoms with Gasteiger partial charge >= 0.3 is 0 Å². The second-order valence-electron chi connectivity index (χ2n) is 9.02. The van der Waals surface area contributed by atoms with Gasteiger partial charge in [-0.05, 0) is 6.92 Å². The fraction of sp³-hybridized carbons (Fsp3) is 0.875. The van der Waals surface area contributed by atoms with E-state index in [9.17, 15) is 9.59 Å². The summed E-state index contributed by atoms with van der Waals surface area (Å²) in [6.45, 7) is 19.9. The lowest BCUT2D eigenvalue weighted by atomic mass is 9.85. The molecule has 0 saturated carbocycles.